The zero-order valence-electron chi connectivity index (χ0n) is 12.4. The van der Waals surface area contributed by atoms with E-state index in [-0.39, 0.29) is 11.9 Å². The third-order valence-electron chi connectivity index (χ3n) is 3.85. The molecule has 3 heterocycles. The van der Waals surface area contributed by atoms with E-state index in [0.717, 1.165) is 19.6 Å². The Morgan fingerprint density at radius 1 is 1.48 bits per heavy atom. The average Bonchev–Trinajstić information content (AvgIpc) is 3.09. The molecule has 0 unspecified atom stereocenters. The second-order valence-electron chi connectivity index (χ2n) is 5.71. The Kier molecular flexibility index (Phi) is 4.07. The lowest BCUT2D eigenvalue weighted by atomic mass is 10.1. The van der Waals surface area contributed by atoms with Gasteiger partial charge in [0, 0.05) is 39.9 Å². The van der Waals surface area contributed by atoms with Crippen LogP contribution in [0.2, 0.25) is 0 Å². The van der Waals surface area contributed by atoms with Crippen LogP contribution in [0, 0.1) is 0 Å². The quantitative estimate of drug-likeness (QED) is 0.867. The highest BCUT2D eigenvalue weighted by molar-refractivity contribution is 7.07. The second kappa shape index (κ2) is 5.99. The first kappa shape index (κ1) is 14.3. The molecule has 0 radical (unpaired) electrons. The highest BCUT2D eigenvalue weighted by Crippen LogP contribution is 2.25. The van der Waals surface area contributed by atoms with Crippen LogP contribution < -0.4 is 0 Å². The van der Waals surface area contributed by atoms with Crippen LogP contribution in [0.25, 0.3) is 0 Å². The van der Waals surface area contributed by atoms with Gasteiger partial charge in [0.05, 0.1) is 18.2 Å². The van der Waals surface area contributed by atoms with Crippen molar-refractivity contribution in [2.45, 2.75) is 25.6 Å². The lowest BCUT2D eigenvalue weighted by molar-refractivity contribution is -0.129. The van der Waals surface area contributed by atoms with Crippen molar-refractivity contribution in [3.8, 4) is 0 Å². The molecule has 21 heavy (non-hydrogen) atoms. The largest absolute Gasteiger partial charge is 0.349 e. The van der Waals surface area contributed by atoms with E-state index in [4.69, 9.17) is 0 Å². The number of fused-ring (bicyclic) bond motifs is 1. The molecule has 0 N–H and O–H groups in total. The summed E-state index contributed by atoms with van der Waals surface area (Å²) in [6, 6.07) is 4.33. The topological polar surface area (TPSA) is 41.4 Å². The maximum absolute atomic E-state index is 12.0. The molecule has 1 aliphatic rings. The van der Waals surface area contributed by atoms with Crippen molar-refractivity contribution in [3.63, 3.8) is 0 Å². The fourth-order valence-corrected chi connectivity index (χ4v) is 3.42. The number of hydrogen-bond acceptors (Lipinski definition) is 4. The van der Waals surface area contributed by atoms with Crippen molar-refractivity contribution in [2.24, 2.45) is 0 Å². The molecule has 0 aromatic carbocycles. The highest BCUT2D eigenvalue weighted by atomic mass is 32.1. The first-order chi connectivity index (χ1) is 10.1. The molecule has 0 aliphatic carbocycles. The highest BCUT2D eigenvalue weighted by Gasteiger charge is 2.27. The van der Waals surface area contributed by atoms with E-state index in [1.165, 1.54) is 11.3 Å². The fourth-order valence-electron chi connectivity index (χ4n) is 2.76. The molecule has 112 valence electrons. The minimum Gasteiger partial charge on any atom is -0.349 e. The Morgan fingerprint density at radius 3 is 3.05 bits per heavy atom. The van der Waals surface area contributed by atoms with Crippen molar-refractivity contribution in [1.29, 1.82) is 0 Å². The van der Waals surface area contributed by atoms with Crippen LogP contribution in [-0.2, 0) is 17.9 Å². The summed E-state index contributed by atoms with van der Waals surface area (Å²) < 4.78 is 2.02. The molecule has 1 atom stereocenters. The molecule has 0 saturated carbocycles. The number of thiophene rings is 1. The SMILES string of the molecule is CN(C)C(=O)C[C@H]1CN(Cc2ccsc2)Cc2ccnn21. The van der Waals surface area contributed by atoms with Gasteiger partial charge >= 0.3 is 0 Å². The lowest BCUT2D eigenvalue weighted by Crippen LogP contribution is -2.39. The summed E-state index contributed by atoms with van der Waals surface area (Å²) >= 11 is 1.73. The predicted octanol–water partition coefficient (Wildman–Crippen LogP) is 1.98. The van der Waals surface area contributed by atoms with Crippen molar-refractivity contribution < 1.29 is 4.79 Å². The van der Waals surface area contributed by atoms with E-state index in [9.17, 15) is 4.79 Å². The van der Waals surface area contributed by atoms with Gasteiger partial charge in [-0.1, -0.05) is 0 Å². The van der Waals surface area contributed by atoms with Crippen molar-refractivity contribution in [2.75, 3.05) is 20.6 Å². The summed E-state index contributed by atoms with van der Waals surface area (Å²) in [5.41, 5.74) is 2.53. The predicted molar refractivity (Wildman–Crippen MR) is 83.0 cm³/mol. The molecule has 0 bridgehead atoms. The smallest absolute Gasteiger partial charge is 0.224 e. The molecule has 2 aromatic heterocycles. The number of rotatable bonds is 4. The number of aromatic nitrogens is 2. The van der Waals surface area contributed by atoms with Gasteiger partial charge in [0.2, 0.25) is 5.91 Å². The first-order valence-corrected chi connectivity index (χ1v) is 8.03. The van der Waals surface area contributed by atoms with E-state index in [2.05, 4.69) is 26.8 Å². The van der Waals surface area contributed by atoms with Crippen molar-refractivity contribution in [3.05, 3.63) is 40.3 Å². The van der Waals surface area contributed by atoms with Gasteiger partial charge in [0.25, 0.3) is 0 Å². The summed E-state index contributed by atoms with van der Waals surface area (Å²) in [6.07, 6.45) is 2.33. The lowest BCUT2D eigenvalue weighted by Gasteiger charge is -2.34. The molecule has 1 aliphatic heterocycles. The number of carbonyl (C=O) groups excluding carboxylic acids is 1. The summed E-state index contributed by atoms with van der Waals surface area (Å²) in [5.74, 6) is 0.152. The van der Waals surface area contributed by atoms with Crippen LogP contribution in [0.1, 0.15) is 23.7 Å². The first-order valence-electron chi connectivity index (χ1n) is 7.09. The molecule has 5 nitrogen and oxygen atoms in total. The molecular weight excluding hydrogens is 284 g/mol. The average molecular weight is 304 g/mol. The molecule has 6 heteroatoms. The zero-order valence-corrected chi connectivity index (χ0v) is 13.2. The maximum Gasteiger partial charge on any atom is 0.224 e. The number of amides is 1. The maximum atomic E-state index is 12.0. The monoisotopic (exact) mass is 304 g/mol. The van der Waals surface area contributed by atoms with E-state index in [0.29, 0.717) is 6.42 Å². The van der Waals surface area contributed by atoms with E-state index < -0.39 is 0 Å². The van der Waals surface area contributed by atoms with E-state index in [1.54, 1.807) is 30.3 Å². The molecule has 3 rings (SSSR count). The summed E-state index contributed by atoms with van der Waals surface area (Å²) in [4.78, 5) is 16.1. The number of nitrogens with zero attached hydrogens (tertiary/aromatic N) is 4. The van der Waals surface area contributed by atoms with Gasteiger partial charge in [-0.25, -0.2) is 0 Å². The van der Waals surface area contributed by atoms with Crippen LogP contribution in [-0.4, -0.2) is 46.1 Å². The van der Waals surface area contributed by atoms with Crippen molar-refractivity contribution in [1.82, 2.24) is 19.6 Å². The Morgan fingerprint density at radius 2 is 2.33 bits per heavy atom. The molecule has 0 spiro atoms. The van der Waals surface area contributed by atoms with Crippen LogP contribution in [0.5, 0.6) is 0 Å². The second-order valence-corrected chi connectivity index (χ2v) is 6.49. The standard InChI is InChI=1S/C15H20N4OS/c1-17(2)15(20)7-14-10-18(8-12-4-6-21-11-12)9-13-3-5-16-19(13)14/h3-6,11,14H,7-10H2,1-2H3/t14-/m0/s1. The number of carbonyl (C=O) groups is 1. The third kappa shape index (κ3) is 3.16. The van der Waals surface area contributed by atoms with E-state index in [1.807, 2.05) is 16.9 Å². The Bertz CT molecular complexity index is 605. The Balaban J connectivity index is 1.75. The van der Waals surface area contributed by atoms with Gasteiger partial charge < -0.3 is 4.90 Å². The van der Waals surface area contributed by atoms with Gasteiger partial charge in [-0.05, 0) is 28.5 Å². The molecule has 0 saturated heterocycles. The summed E-state index contributed by atoms with van der Waals surface area (Å²) in [6.45, 7) is 2.69. The van der Waals surface area contributed by atoms with Crippen LogP contribution in [0.15, 0.2) is 29.1 Å². The minimum atomic E-state index is 0.122. The Hall–Kier alpha value is -1.66. The van der Waals surface area contributed by atoms with E-state index >= 15 is 0 Å². The Labute approximate surface area is 128 Å². The summed E-state index contributed by atoms with van der Waals surface area (Å²) in [5, 5.41) is 8.70. The number of hydrogen-bond donors (Lipinski definition) is 0. The van der Waals surface area contributed by atoms with Crippen LogP contribution >= 0.6 is 11.3 Å². The van der Waals surface area contributed by atoms with Crippen LogP contribution in [0.4, 0.5) is 0 Å². The summed E-state index contributed by atoms with van der Waals surface area (Å²) in [7, 11) is 3.61. The zero-order chi connectivity index (χ0) is 14.8. The van der Waals surface area contributed by atoms with Gasteiger partial charge in [-0.15, -0.1) is 0 Å². The third-order valence-corrected chi connectivity index (χ3v) is 4.58. The van der Waals surface area contributed by atoms with Gasteiger partial charge in [0.15, 0.2) is 0 Å². The molecule has 1 amide bonds. The van der Waals surface area contributed by atoms with Crippen molar-refractivity contribution >= 4 is 17.2 Å². The molecule has 0 fully saturated rings. The van der Waals surface area contributed by atoms with Gasteiger partial charge in [-0.2, -0.15) is 16.4 Å². The van der Waals surface area contributed by atoms with Gasteiger partial charge in [0.1, 0.15) is 0 Å². The normalized spacial score (nSPS) is 18.5. The molecular formula is C15H20N4OS. The molecule has 2 aromatic rings. The van der Waals surface area contributed by atoms with Crippen LogP contribution in [0.3, 0.4) is 0 Å². The minimum absolute atomic E-state index is 0.122. The van der Waals surface area contributed by atoms with Gasteiger partial charge in [-0.3, -0.25) is 14.4 Å². The fraction of sp³-hybridized carbons (Fsp3) is 0.467.